The van der Waals surface area contributed by atoms with E-state index in [0.717, 1.165) is 0 Å². The van der Waals surface area contributed by atoms with E-state index < -0.39 is 16.9 Å². The van der Waals surface area contributed by atoms with E-state index in [1.807, 2.05) is 0 Å². The van der Waals surface area contributed by atoms with Gasteiger partial charge in [0.25, 0.3) is 5.91 Å². The van der Waals surface area contributed by atoms with E-state index in [9.17, 15) is 14.9 Å². The van der Waals surface area contributed by atoms with Crippen LogP contribution in [0.15, 0.2) is 17.3 Å². The van der Waals surface area contributed by atoms with Gasteiger partial charge in [-0.05, 0) is 19.1 Å². The molecular formula is C8H13N3O4. The lowest BCUT2D eigenvalue weighted by Gasteiger charge is -1.97. The maximum Gasteiger partial charge on any atom is 0.270 e. The first-order chi connectivity index (χ1) is 6.99. The summed E-state index contributed by atoms with van der Waals surface area (Å²) >= 11 is 0. The molecule has 0 fully saturated rings. The lowest BCUT2D eigenvalue weighted by molar-refractivity contribution is -0.504. The molecule has 0 rings (SSSR count). The van der Waals surface area contributed by atoms with E-state index in [4.69, 9.17) is 5.73 Å². The minimum absolute atomic E-state index is 0.148. The zero-order chi connectivity index (χ0) is 11.8. The number of nitro groups is 1. The summed E-state index contributed by atoms with van der Waals surface area (Å²) in [4.78, 5) is 25.2. The Morgan fingerprint density at radius 2 is 2.33 bits per heavy atom. The van der Waals surface area contributed by atoms with E-state index in [2.05, 4.69) is 9.99 Å². The molecule has 0 aliphatic rings. The average molecular weight is 215 g/mol. The third-order valence-corrected chi connectivity index (χ3v) is 1.41. The SMILES string of the molecule is CCO/N=C(/C=C/C(C)[N+](=O)[O-])C(N)=O. The van der Waals surface area contributed by atoms with Crippen LogP contribution in [-0.2, 0) is 9.63 Å². The van der Waals surface area contributed by atoms with Crippen molar-refractivity contribution in [1.82, 2.24) is 0 Å². The average Bonchev–Trinajstić information content (AvgIpc) is 2.16. The number of primary amides is 1. The first-order valence-electron chi connectivity index (χ1n) is 4.30. The Morgan fingerprint density at radius 3 is 2.73 bits per heavy atom. The van der Waals surface area contributed by atoms with Gasteiger partial charge < -0.3 is 10.6 Å². The first kappa shape index (κ1) is 13.1. The zero-order valence-electron chi connectivity index (χ0n) is 8.54. The molecule has 7 heteroatoms. The van der Waals surface area contributed by atoms with Crippen LogP contribution in [0.25, 0.3) is 0 Å². The second-order valence-electron chi connectivity index (χ2n) is 2.64. The molecule has 0 spiro atoms. The zero-order valence-corrected chi connectivity index (χ0v) is 8.54. The monoisotopic (exact) mass is 215 g/mol. The fraction of sp³-hybridized carbons (Fsp3) is 0.500. The Kier molecular flexibility index (Phi) is 5.69. The van der Waals surface area contributed by atoms with Crippen LogP contribution in [0.3, 0.4) is 0 Å². The van der Waals surface area contributed by atoms with Crippen molar-refractivity contribution in [3.63, 3.8) is 0 Å². The van der Waals surface area contributed by atoms with Gasteiger partial charge in [-0.2, -0.15) is 0 Å². The largest absolute Gasteiger partial charge is 0.395 e. The van der Waals surface area contributed by atoms with E-state index in [-0.39, 0.29) is 12.3 Å². The molecule has 0 saturated carbocycles. The molecule has 0 aliphatic heterocycles. The summed E-state index contributed by atoms with van der Waals surface area (Å²) in [6.45, 7) is 3.34. The summed E-state index contributed by atoms with van der Waals surface area (Å²) in [5, 5.41) is 13.7. The molecule has 0 bridgehead atoms. The molecule has 0 aromatic rings. The number of nitrogens with zero attached hydrogens (tertiary/aromatic N) is 2. The number of hydrogen-bond acceptors (Lipinski definition) is 5. The molecule has 2 N–H and O–H groups in total. The van der Waals surface area contributed by atoms with Gasteiger partial charge in [0.1, 0.15) is 6.61 Å². The molecule has 7 nitrogen and oxygen atoms in total. The fourth-order valence-electron chi connectivity index (χ4n) is 0.592. The number of oxime groups is 1. The van der Waals surface area contributed by atoms with Crippen molar-refractivity contribution in [2.24, 2.45) is 10.9 Å². The fourth-order valence-corrected chi connectivity index (χ4v) is 0.592. The van der Waals surface area contributed by atoms with Crippen molar-refractivity contribution in [2.45, 2.75) is 19.9 Å². The van der Waals surface area contributed by atoms with Gasteiger partial charge in [-0.15, -0.1) is 0 Å². The van der Waals surface area contributed by atoms with Crippen LogP contribution in [0.2, 0.25) is 0 Å². The standard InChI is InChI=1S/C8H13N3O4/c1-3-15-10-7(8(9)12)5-4-6(2)11(13)14/h4-6H,3H2,1-2H3,(H2,9,12)/b5-4+,10-7-. The minimum Gasteiger partial charge on any atom is -0.395 e. The third kappa shape index (κ3) is 5.40. The quantitative estimate of drug-likeness (QED) is 0.384. The molecule has 84 valence electrons. The second kappa shape index (κ2) is 6.52. The highest BCUT2D eigenvalue weighted by molar-refractivity contribution is 6.42. The van der Waals surface area contributed by atoms with Gasteiger partial charge in [-0.25, -0.2) is 0 Å². The number of rotatable bonds is 6. The van der Waals surface area contributed by atoms with Crippen LogP contribution in [0, 0.1) is 10.1 Å². The Bertz CT molecular complexity index is 298. The summed E-state index contributed by atoms with van der Waals surface area (Å²) < 4.78 is 0. The predicted octanol–water partition coefficient (Wildman–Crippen LogP) is 0.0856. The van der Waals surface area contributed by atoms with Gasteiger partial charge in [-0.1, -0.05) is 5.16 Å². The summed E-state index contributed by atoms with van der Waals surface area (Å²) in [6, 6.07) is -0.906. The maximum atomic E-state index is 10.8. The Morgan fingerprint density at radius 1 is 1.73 bits per heavy atom. The van der Waals surface area contributed by atoms with Crippen LogP contribution in [0.4, 0.5) is 0 Å². The summed E-state index contributed by atoms with van der Waals surface area (Å²) in [5.41, 5.74) is 4.82. The van der Waals surface area contributed by atoms with Crippen LogP contribution in [0.5, 0.6) is 0 Å². The lowest BCUT2D eigenvalue weighted by Crippen LogP contribution is -2.22. The van der Waals surface area contributed by atoms with Crippen molar-refractivity contribution < 1.29 is 14.6 Å². The molecule has 0 aromatic carbocycles. The summed E-state index contributed by atoms with van der Waals surface area (Å²) in [7, 11) is 0. The smallest absolute Gasteiger partial charge is 0.270 e. The molecule has 0 aliphatic carbocycles. The van der Waals surface area contributed by atoms with E-state index in [1.54, 1.807) is 6.92 Å². The van der Waals surface area contributed by atoms with Crippen LogP contribution < -0.4 is 5.73 Å². The van der Waals surface area contributed by atoms with E-state index in [0.29, 0.717) is 0 Å². The predicted molar refractivity (Wildman–Crippen MR) is 53.9 cm³/mol. The molecule has 1 amide bonds. The highest BCUT2D eigenvalue weighted by atomic mass is 16.6. The van der Waals surface area contributed by atoms with Gasteiger partial charge >= 0.3 is 0 Å². The second-order valence-corrected chi connectivity index (χ2v) is 2.64. The highest BCUT2D eigenvalue weighted by Crippen LogP contribution is 1.92. The number of carbonyl (C=O) groups is 1. The summed E-state index contributed by atoms with van der Waals surface area (Å²) in [5.74, 6) is -0.796. The van der Waals surface area contributed by atoms with Gasteiger partial charge in [0.05, 0.1) is 0 Å². The number of hydrogen-bond donors (Lipinski definition) is 1. The number of amides is 1. The molecule has 1 unspecified atom stereocenters. The van der Waals surface area contributed by atoms with Crippen molar-refractivity contribution in [1.29, 1.82) is 0 Å². The lowest BCUT2D eigenvalue weighted by atomic mass is 10.2. The van der Waals surface area contributed by atoms with Crippen LogP contribution in [-0.4, -0.2) is 29.2 Å². The molecular weight excluding hydrogens is 202 g/mol. The maximum absolute atomic E-state index is 10.8. The third-order valence-electron chi connectivity index (χ3n) is 1.41. The Balaban J connectivity index is 4.55. The molecule has 0 radical (unpaired) electrons. The molecule has 15 heavy (non-hydrogen) atoms. The van der Waals surface area contributed by atoms with Crippen LogP contribution in [0.1, 0.15) is 13.8 Å². The topological polar surface area (TPSA) is 108 Å². The van der Waals surface area contributed by atoms with Crippen molar-refractivity contribution in [2.75, 3.05) is 6.61 Å². The number of nitrogens with two attached hydrogens (primary N) is 1. The van der Waals surface area contributed by atoms with Gasteiger partial charge in [0.2, 0.25) is 6.04 Å². The molecule has 0 aromatic heterocycles. The van der Waals surface area contributed by atoms with E-state index in [1.165, 1.54) is 19.1 Å². The molecule has 0 heterocycles. The number of carbonyl (C=O) groups excluding carboxylic acids is 1. The Labute approximate surface area is 86.7 Å². The highest BCUT2D eigenvalue weighted by Gasteiger charge is 2.09. The van der Waals surface area contributed by atoms with Crippen LogP contribution >= 0.6 is 0 Å². The molecule has 1 atom stereocenters. The van der Waals surface area contributed by atoms with E-state index >= 15 is 0 Å². The first-order valence-corrected chi connectivity index (χ1v) is 4.30. The van der Waals surface area contributed by atoms with Crippen molar-refractivity contribution in [3.8, 4) is 0 Å². The van der Waals surface area contributed by atoms with Gasteiger partial charge in [-0.3, -0.25) is 14.9 Å². The van der Waals surface area contributed by atoms with Crippen molar-refractivity contribution >= 4 is 11.6 Å². The summed E-state index contributed by atoms with van der Waals surface area (Å²) in [6.07, 6.45) is 2.38. The normalized spacial score (nSPS) is 13.9. The minimum atomic E-state index is -0.906. The molecule has 0 saturated heterocycles. The Hall–Kier alpha value is -1.92. The van der Waals surface area contributed by atoms with Gasteiger partial charge in [0.15, 0.2) is 5.71 Å². The van der Waals surface area contributed by atoms with Crippen molar-refractivity contribution in [3.05, 3.63) is 22.3 Å². The van der Waals surface area contributed by atoms with Gasteiger partial charge in [0, 0.05) is 11.8 Å².